The molecule has 0 atom stereocenters. The van der Waals surface area contributed by atoms with Crippen LogP contribution < -0.4 is 21.3 Å². The predicted octanol–water partition coefficient (Wildman–Crippen LogP) is 3.86. The van der Waals surface area contributed by atoms with E-state index in [4.69, 9.17) is 0 Å². The molecule has 0 saturated heterocycles. The minimum Gasteiger partial charge on any atom is -0.350 e. The van der Waals surface area contributed by atoms with Crippen LogP contribution in [-0.4, -0.2) is 30.9 Å². The summed E-state index contributed by atoms with van der Waals surface area (Å²) in [6.07, 6.45) is 0. The summed E-state index contributed by atoms with van der Waals surface area (Å²) < 4.78 is 0. The van der Waals surface area contributed by atoms with Crippen molar-refractivity contribution in [2.45, 2.75) is 6.92 Å². The molecule has 0 aliphatic carbocycles. The number of hydrogen-bond donors (Lipinski definition) is 4. The summed E-state index contributed by atoms with van der Waals surface area (Å²) in [5, 5.41) is 12.8. The molecule has 4 amide bonds. The van der Waals surface area contributed by atoms with Crippen molar-refractivity contribution in [3.63, 3.8) is 0 Å². The molecule has 3 rings (SSSR count). The molecule has 7 nitrogen and oxygen atoms in total. The van der Waals surface area contributed by atoms with E-state index in [-0.39, 0.29) is 17.8 Å². The Morgan fingerprint density at radius 1 is 0.800 bits per heavy atom. The average molecular weight is 423 g/mol. The molecule has 1 heterocycles. The highest BCUT2D eigenvalue weighted by Gasteiger charge is 2.08. The van der Waals surface area contributed by atoms with Gasteiger partial charge in [0.15, 0.2) is 0 Å². The van der Waals surface area contributed by atoms with Gasteiger partial charge >= 0.3 is 6.03 Å². The third-order valence-corrected chi connectivity index (χ3v) is 4.99. The maximum atomic E-state index is 12.2. The van der Waals surface area contributed by atoms with Crippen LogP contribution in [0.3, 0.4) is 0 Å². The normalized spacial score (nSPS) is 10.2. The molecule has 8 heteroatoms. The first-order valence-corrected chi connectivity index (χ1v) is 10.2. The Bertz CT molecular complexity index is 1020. The number of aryl methyl sites for hydroxylation is 1. The van der Waals surface area contributed by atoms with Crippen LogP contribution in [0.15, 0.2) is 66.0 Å². The van der Waals surface area contributed by atoms with E-state index in [1.807, 2.05) is 42.6 Å². The number of rotatable bonds is 7. The zero-order chi connectivity index (χ0) is 21.3. The fourth-order valence-corrected chi connectivity index (χ4v) is 3.31. The molecule has 0 bridgehead atoms. The topological polar surface area (TPSA) is 99.3 Å². The van der Waals surface area contributed by atoms with Gasteiger partial charge in [0.05, 0.1) is 4.88 Å². The number of carbonyl (C=O) groups is 3. The zero-order valence-electron chi connectivity index (χ0n) is 16.4. The average Bonchev–Trinajstić information content (AvgIpc) is 3.26. The molecular formula is C22H22N4O3S. The maximum absolute atomic E-state index is 12.2. The largest absolute Gasteiger partial charge is 0.350 e. The molecule has 0 fully saturated rings. The third kappa shape index (κ3) is 6.18. The van der Waals surface area contributed by atoms with Crippen LogP contribution in [0.25, 0.3) is 0 Å². The maximum Gasteiger partial charge on any atom is 0.323 e. The molecule has 0 aliphatic rings. The number of thiophene rings is 1. The Balaban J connectivity index is 1.42. The summed E-state index contributed by atoms with van der Waals surface area (Å²) in [4.78, 5) is 36.8. The fraction of sp³-hybridized carbons (Fsp3) is 0.136. The van der Waals surface area contributed by atoms with Crippen LogP contribution in [0.5, 0.6) is 0 Å². The quantitative estimate of drug-likeness (QED) is 0.435. The highest BCUT2D eigenvalue weighted by atomic mass is 32.1. The molecule has 1 aromatic heterocycles. The Morgan fingerprint density at radius 3 is 2.17 bits per heavy atom. The first-order chi connectivity index (χ1) is 14.5. The van der Waals surface area contributed by atoms with E-state index in [9.17, 15) is 14.4 Å². The van der Waals surface area contributed by atoms with Crippen LogP contribution >= 0.6 is 11.3 Å². The monoisotopic (exact) mass is 422 g/mol. The lowest BCUT2D eigenvalue weighted by Crippen LogP contribution is -2.34. The standard InChI is InChI=1S/C22H22N4O3S/c1-15-4-2-5-18(14-15)26-22(29)25-17-9-7-16(8-10-17)20(27)23-11-12-24-21(28)19-6-3-13-30-19/h2-10,13-14H,11-12H2,1H3,(H,23,27)(H,24,28)(H2,25,26,29). The van der Waals surface area contributed by atoms with Gasteiger partial charge in [-0.2, -0.15) is 0 Å². The summed E-state index contributed by atoms with van der Waals surface area (Å²) in [6.45, 7) is 2.60. The predicted molar refractivity (Wildman–Crippen MR) is 119 cm³/mol. The minimum atomic E-state index is -0.362. The number of hydrogen-bond acceptors (Lipinski definition) is 4. The van der Waals surface area contributed by atoms with Gasteiger partial charge in [-0.25, -0.2) is 4.79 Å². The summed E-state index contributed by atoms with van der Waals surface area (Å²) in [7, 11) is 0. The lowest BCUT2D eigenvalue weighted by atomic mass is 10.2. The van der Waals surface area contributed by atoms with Gasteiger partial charge in [-0.15, -0.1) is 11.3 Å². The van der Waals surface area contributed by atoms with Crippen molar-refractivity contribution in [1.82, 2.24) is 10.6 Å². The van der Waals surface area contributed by atoms with E-state index in [1.54, 1.807) is 30.3 Å². The second-order valence-corrected chi connectivity index (χ2v) is 7.46. The van der Waals surface area contributed by atoms with Crippen LogP contribution in [0.4, 0.5) is 16.2 Å². The Morgan fingerprint density at radius 2 is 1.50 bits per heavy atom. The lowest BCUT2D eigenvalue weighted by molar-refractivity contribution is 0.0929. The molecular weight excluding hydrogens is 400 g/mol. The van der Waals surface area contributed by atoms with Gasteiger partial charge in [-0.3, -0.25) is 9.59 Å². The highest BCUT2D eigenvalue weighted by molar-refractivity contribution is 7.12. The summed E-state index contributed by atoms with van der Waals surface area (Å²) in [5.41, 5.74) is 2.79. The Hall–Kier alpha value is -3.65. The van der Waals surface area contributed by atoms with Gasteiger partial charge in [0, 0.05) is 30.0 Å². The Labute approximate surface area is 178 Å². The van der Waals surface area contributed by atoms with Crippen molar-refractivity contribution in [2.75, 3.05) is 23.7 Å². The van der Waals surface area contributed by atoms with Crippen molar-refractivity contribution in [2.24, 2.45) is 0 Å². The first kappa shape index (κ1) is 21.1. The van der Waals surface area contributed by atoms with Crippen molar-refractivity contribution >= 4 is 40.6 Å². The zero-order valence-corrected chi connectivity index (χ0v) is 17.2. The van der Waals surface area contributed by atoms with Crippen LogP contribution in [-0.2, 0) is 0 Å². The number of nitrogens with one attached hydrogen (secondary N) is 4. The molecule has 0 spiro atoms. The molecule has 4 N–H and O–H groups in total. The van der Waals surface area contributed by atoms with Crippen molar-refractivity contribution < 1.29 is 14.4 Å². The van der Waals surface area contributed by atoms with E-state index < -0.39 is 0 Å². The molecule has 0 radical (unpaired) electrons. The lowest BCUT2D eigenvalue weighted by Gasteiger charge is -2.09. The molecule has 154 valence electrons. The number of carbonyl (C=O) groups excluding carboxylic acids is 3. The van der Waals surface area contributed by atoms with Gasteiger partial charge in [0.1, 0.15) is 0 Å². The number of benzene rings is 2. The van der Waals surface area contributed by atoms with Crippen LogP contribution in [0.2, 0.25) is 0 Å². The smallest absolute Gasteiger partial charge is 0.323 e. The Kier molecular flexibility index (Phi) is 7.18. The van der Waals surface area contributed by atoms with Crippen molar-refractivity contribution in [1.29, 1.82) is 0 Å². The van der Waals surface area contributed by atoms with E-state index in [1.165, 1.54) is 11.3 Å². The number of anilines is 2. The number of amides is 4. The van der Waals surface area contributed by atoms with Gasteiger partial charge in [-0.05, 0) is 60.3 Å². The molecule has 0 saturated carbocycles. The highest BCUT2D eigenvalue weighted by Crippen LogP contribution is 2.13. The summed E-state index contributed by atoms with van der Waals surface area (Å²) in [5.74, 6) is -0.408. The molecule has 3 aromatic rings. The van der Waals surface area contributed by atoms with Crippen molar-refractivity contribution in [3.05, 3.63) is 82.0 Å². The summed E-state index contributed by atoms with van der Waals surface area (Å²) >= 11 is 1.36. The second-order valence-electron chi connectivity index (χ2n) is 6.52. The first-order valence-electron chi connectivity index (χ1n) is 9.36. The van der Waals surface area contributed by atoms with Gasteiger partial charge in [0.25, 0.3) is 11.8 Å². The van der Waals surface area contributed by atoms with Crippen LogP contribution in [0.1, 0.15) is 25.6 Å². The molecule has 2 aromatic carbocycles. The van der Waals surface area contributed by atoms with Gasteiger partial charge in [-0.1, -0.05) is 18.2 Å². The van der Waals surface area contributed by atoms with E-state index in [0.717, 1.165) is 5.56 Å². The second kappa shape index (κ2) is 10.2. The van der Waals surface area contributed by atoms with Crippen molar-refractivity contribution in [3.8, 4) is 0 Å². The minimum absolute atomic E-state index is 0.154. The summed E-state index contributed by atoms with van der Waals surface area (Å²) in [6, 6.07) is 17.3. The molecule has 0 aliphatic heterocycles. The van der Waals surface area contributed by atoms with Gasteiger partial charge in [0.2, 0.25) is 0 Å². The molecule has 0 unspecified atom stereocenters. The van der Waals surface area contributed by atoms with Gasteiger partial charge < -0.3 is 21.3 Å². The fourth-order valence-electron chi connectivity index (χ4n) is 2.67. The third-order valence-electron chi connectivity index (χ3n) is 4.12. The van der Waals surface area contributed by atoms with E-state index in [2.05, 4.69) is 21.3 Å². The SMILES string of the molecule is Cc1cccc(NC(=O)Nc2ccc(C(=O)NCCNC(=O)c3cccs3)cc2)c1. The van der Waals surface area contributed by atoms with E-state index >= 15 is 0 Å². The van der Waals surface area contributed by atoms with E-state index in [0.29, 0.717) is 34.9 Å². The number of urea groups is 1. The molecule has 30 heavy (non-hydrogen) atoms. The van der Waals surface area contributed by atoms with Crippen LogP contribution in [0, 0.1) is 6.92 Å².